The summed E-state index contributed by atoms with van der Waals surface area (Å²) < 4.78 is 0. The highest BCUT2D eigenvalue weighted by Crippen LogP contribution is 2.32. The van der Waals surface area contributed by atoms with Gasteiger partial charge >= 0.3 is 0 Å². The zero-order valence-electron chi connectivity index (χ0n) is 7.79. The number of hydrogen-bond acceptors (Lipinski definition) is 4. The standard InChI is InChI=1S/C9H12N4O/c10-9-11-7-4-13(5-1-2-5)3-6(7)8(14)12-9/h5H,1-4H2,(H3,10,11,12,14). The van der Waals surface area contributed by atoms with Gasteiger partial charge in [-0.3, -0.25) is 14.7 Å². The molecule has 74 valence electrons. The molecule has 1 aromatic heterocycles. The number of anilines is 1. The number of nitrogen functional groups attached to an aromatic ring is 1. The van der Waals surface area contributed by atoms with E-state index in [1.54, 1.807) is 0 Å². The van der Waals surface area contributed by atoms with E-state index in [4.69, 9.17) is 5.73 Å². The Hall–Kier alpha value is -1.36. The van der Waals surface area contributed by atoms with Crippen LogP contribution in [0.1, 0.15) is 24.1 Å². The number of H-pyrrole nitrogens is 1. The third-order valence-corrected chi connectivity index (χ3v) is 2.90. The lowest BCUT2D eigenvalue weighted by Crippen LogP contribution is -2.20. The minimum absolute atomic E-state index is 0.0735. The van der Waals surface area contributed by atoms with E-state index in [1.165, 1.54) is 12.8 Å². The summed E-state index contributed by atoms with van der Waals surface area (Å²) in [5.74, 6) is 0.228. The van der Waals surface area contributed by atoms with Gasteiger partial charge in [-0.1, -0.05) is 0 Å². The van der Waals surface area contributed by atoms with Crippen LogP contribution in [0.3, 0.4) is 0 Å². The summed E-state index contributed by atoms with van der Waals surface area (Å²) in [6, 6.07) is 0.671. The molecule has 5 nitrogen and oxygen atoms in total. The van der Waals surface area contributed by atoms with Crippen molar-refractivity contribution in [3.63, 3.8) is 0 Å². The van der Waals surface area contributed by atoms with Crippen molar-refractivity contribution in [1.29, 1.82) is 0 Å². The van der Waals surface area contributed by atoms with E-state index in [1.807, 2.05) is 0 Å². The number of fused-ring (bicyclic) bond motifs is 1. The molecule has 0 saturated heterocycles. The second kappa shape index (κ2) is 2.57. The molecule has 0 amide bonds. The number of nitrogens with zero attached hydrogens (tertiary/aromatic N) is 2. The largest absolute Gasteiger partial charge is 0.369 e. The summed E-state index contributed by atoms with van der Waals surface area (Å²) in [6.07, 6.45) is 2.50. The SMILES string of the molecule is Nc1nc2c(c(=O)[nH]1)CN(C1CC1)C2. The molecule has 2 aliphatic rings. The minimum atomic E-state index is -0.0735. The Morgan fingerprint density at radius 2 is 2.21 bits per heavy atom. The summed E-state index contributed by atoms with van der Waals surface area (Å²) in [7, 11) is 0. The van der Waals surface area contributed by atoms with Crippen LogP contribution in [0.25, 0.3) is 0 Å². The molecule has 0 spiro atoms. The number of nitrogens with one attached hydrogen (secondary N) is 1. The highest BCUT2D eigenvalue weighted by molar-refractivity contribution is 5.28. The molecule has 3 N–H and O–H groups in total. The number of hydrogen-bond donors (Lipinski definition) is 2. The average Bonchev–Trinajstić information content (AvgIpc) is 2.87. The van der Waals surface area contributed by atoms with Crippen molar-refractivity contribution in [3.8, 4) is 0 Å². The smallest absolute Gasteiger partial charge is 0.257 e. The van der Waals surface area contributed by atoms with Crippen molar-refractivity contribution in [3.05, 3.63) is 21.6 Å². The molecule has 2 heterocycles. The molecule has 1 aliphatic heterocycles. The van der Waals surface area contributed by atoms with Gasteiger partial charge in [0, 0.05) is 19.1 Å². The Labute approximate surface area is 80.9 Å². The Balaban J connectivity index is 2.00. The Bertz CT molecular complexity index is 435. The second-order valence-corrected chi connectivity index (χ2v) is 4.01. The van der Waals surface area contributed by atoms with E-state index in [-0.39, 0.29) is 11.5 Å². The maximum atomic E-state index is 11.5. The van der Waals surface area contributed by atoms with Crippen LogP contribution in [0.5, 0.6) is 0 Å². The van der Waals surface area contributed by atoms with Gasteiger partial charge in [0.2, 0.25) is 5.95 Å². The fourth-order valence-corrected chi connectivity index (χ4v) is 2.01. The Morgan fingerprint density at radius 1 is 1.43 bits per heavy atom. The van der Waals surface area contributed by atoms with E-state index in [0.29, 0.717) is 6.04 Å². The van der Waals surface area contributed by atoms with Crippen LogP contribution < -0.4 is 11.3 Å². The molecule has 5 heteroatoms. The summed E-state index contributed by atoms with van der Waals surface area (Å²) in [4.78, 5) is 20.5. The van der Waals surface area contributed by atoms with Gasteiger partial charge in [0.25, 0.3) is 5.56 Å². The molecule has 0 unspecified atom stereocenters. The van der Waals surface area contributed by atoms with Crippen molar-refractivity contribution in [2.75, 3.05) is 5.73 Å². The van der Waals surface area contributed by atoms with Gasteiger partial charge in [-0.15, -0.1) is 0 Å². The van der Waals surface area contributed by atoms with Crippen LogP contribution in [0.2, 0.25) is 0 Å². The van der Waals surface area contributed by atoms with E-state index in [0.717, 1.165) is 24.3 Å². The van der Waals surface area contributed by atoms with Crippen LogP contribution in [0.15, 0.2) is 4.79 Å². The summed E-state index contributed by atoms with van der Waals surface area (Å²) in [6.45, 7) is 1.52. The van der Waals surface area contributed by atoms with Gasteiger partial charge in [-0.05, 0) is 12.8 Å². The zero-order valence-corrected chi connectivity index (χ0v) is 7.79. The fraction of sp³-hybridized carbons (Fsp3) is 0.556. The molecule has 14 heavy (non-hydrogen) atoms. The van der Waals surface area contributed by atoms with E-state index in [2.05, 4.69) is 14.9 Å². The predicted molar refractivity (Wildman–Crippen MR) is 51.5 cm³/mol. The quantitative estimate of drug-likeness (QED) is 0.647. The highest BCUT2D eigenvalue weighted by Gasteiger charge is 2.34. The average molecular weight is 192 g/mol. The Kier molecular flexibility index (Phi) is 1.47. The molecular weight excluding hydrogens is 180 g/mol. The van der Waals surface area contributed by atoms with Crippen LogP contribution in [0.4, 0.5) is 5.95 Å². The zero-order chi connectivity index (χ0) is 9.71. The fourth-order valence-electron chi connectivity index (χ4n) is 2.01. The molecule has 1 aliphatic carbocycles. The molecular formula is C9H12N4O. The van der Waals surface area contributed by atoms with Crippen molar-refractivity contribution >= 4 is 5.95 Å². The van der Waals surface area contributed by atoms with Crippen LogP contribution >= 0.6 is 0 Å². The number of aromatic nitrogens is 2. The first-order valence-corrected chi connectivity index (χ1v) is 4.85. The van der Waals surface area contributed by atoms with Crippen LogP contribution in [-0.2, 0) is 13.1 Å². The van der Waals surface area contributed by atoms with Crippen molar-refractivity contribution in [1.82, 2.24) is 14.9 Å². The first-order chi connectivity index (χ1) is 6.74. The van der Waals surface area contributed by atoms with Gasteiger partial charge < -0.3 is 5.73 Å². The lowest BCUT2D eigenvalue weighted by atomic mass is 10.3. The third-order valence-electron chi connectivity index (χ3n) is 2.90. The van der Waals surface area contributed by atoms with Gasteiger partial charge in [0.1, 0.15) is 0 Å². The summed E-state index contributed by atoms with van der Waals surface area (Å²) in [5, 5.41) is 0. The third kappa shape index (κ3) is 1.13. The molecule has 3 rings (SSSR count). The number of aromatic amines is 1. The van der Waals surface area contributed by atoms with E-state index >= 15 is 0 Å². The predicted octanol–water partition coefficient (Wildman–Crippen LogP) is -0.170. The lowest BCUT2D eigenvalue weighted by Gasteiger charge is -2.11. The molecule has 0 atom stereocenters. The van der Waals surface area contributed by atoms with Crippen LogP contribution in [-0.4, -0.2) is 20.9 Å². The van der Waals surface area contributed by atoms with E-state index in [9.17, 15) is 4.79 Å². The topological polar surface area (TPSA) is 75.0 Å². The second-order valence-electron chi connectivity index (χ2n) is 4.01. The van der Waals surface area contributed by atoms with Gasteiger partial charge in [-0.2, -0.15) is 0 Å². The van der Waals surface area contributed by atoms with Crippen molar-refractivity contribution < 1.29 is 0 Å². The summed E-state index contributed by atoms with van der Waals surface area (Å²) >= 11 is 0. The van der Waals surface area contributed by atoms with E-state index < -0.39 is 0 Å². The number of rotatable bonds is 1. The highest BCUT2D eigenvalue weighted by atomic mass is 16.1. The van der Waals surface area contributed by atoms with Gasteiger partial charge in [0.05, 0.1) is 11.3 Å². The molecule has 0 radical (unpaired) electrons. The maximum Gasteiger partial charge on any atom is 0.257 e. The van der Waals surface area contributed by atoms with Gasteiger partial charge in [-0.25, -0.2) is 4.98 Å². The van der Waals surface area contributed by atoms with Crippen molar-refractivity contribution in [2.45, 2.75) is 32.0 Å². The minimum Gasteiger partial charge on any atom is -0.369 e. The maximum absolute atomic E-state index is 11.5. The normalized spacial score (nSPS) is 21.1. The molecule has 0 aromatic carbocycles. The first-order valence-electron chi connectivity index (χ1n) is 4.85. The van der Waals surface area contributed by atoms with Gasteiger partial charge in [0.15, 0.2) is 0 Å². The monoisotopic (exact) mass is 192 g/mol. The first kappa shape index (κ1) is 7.99. The number of nitrogens with two attached hydrogens (primary N) is 1. The molecule has 1 aromatic rings. The Morgan fingerprint density at radius 3 is 2.93 bits per heavy atom. The molecule has 0 bridgehead atoms. The molecule has 1 saturated carbocycles. The summed E-state index contributed by atoms with van der Waals surface area (Å²) in [5.41, 5.74) is 7.07. The lowest BCUT2D eigenvalue weighted by molar-refractivity contribution is 0.271. The van der Waals surface area contributed by atoms with Crippen LogP contribution in [0, 0.1) is 0 Å². The molecule has 1 fully saturated rings. The van der Waals surface area contributed by atoms with Crippen molar-refractivity contribution in [2.24, 2.45) is 0 Å².